The molecule has 0 bridgehead atoms. The Labute approximate surface area is 129 Å². The van der Waals surface area contributed by atoms with Crippen molar-refractivity contribution in [1.29, 1.82) is 0 Å². The van der Waals surface area contributed by atoms with Crippen LogP contribution in [0.3, 0.4) is 0 Å². The van der Waals surface area contributed by atoms with E-state index in [1.807, 2.05) is 12.1 Å². The van der Waals surface area contributed by atoms with Crippen LogP contribution in [0.25, 0.3) is 0 Å². The maximum Gasteiger partial charge on any atom is 0.123 e. The largest absolute Gasteiger partial charge is 0.497 e. The molecule has 0 spiro atoms. The fraction of sp³-hybridized carbons (Fsp3) is 0.667. The topological polar surface area (TPSA) is 30.5 Å². The van der Waals surface area contributed by atoms with Crippen LogP contribution in [-0.2, 0) is 0 Å². The van der Waals surface area contributed by atoms with Crippen LogP contribution >= 0.6 is 0 Å². The van der Waals surface area contributed by atoms with Crippen LogP contribution in [0.15, 0.2) is 18.2 Å². The number of ether oxygens (including phenoxy) is 2. The van der Waals surface area contributed by atoms with Crippen molar-refractivity contribution >= 4 is 0 Å². The van der Waals surface area contributed by atoms with Crippen molar-refractivity contribution in [2.75, 3.05) is 20.8 Å². The van der Waals surface area contributed by atoms with Gasteiger partial charge in [0.25, 0.3) is 0 Å². The van der Waals surface area contributed by atoms with Crippen molar-refractivity contribution in [3.05, 3.63) is 23.8 Å². The molecular weight excluding hydrogens is 262 g/mol. The normalized spacial score (nSPS) is 23.0. The Bertz CT molecular complexity index is 447. The molecule has 3 atom stereocenters. The first kappa shape index (κ1) is 16.2. The van der Waals surface area contributed by atoms with Gasteiger partial charge < -0.3 is 14.8 Å². The summed E-state index contributed by atoms with van der Waals surface area (Å²) in [6, 6.07) is 6.48. The van der Waals surface area contributed by atoms with E-state index in [1.165, 1.54) is 24.8 Å². The quantitative estimate of drug-likeness (QED) is 0.817. The standard InChI is InChI=1S/C18H29NO2/c1-5-11-19-18(15-8-6-7-13(15)2)16-12-14(20-3)9-10-17(16)21-4/h9-10,12-13,15,18-19H,5-8,11H2,1-4H3. The third kappa shape index (κ3) is 3.70. The number of rotatable bonds is 7. The Balaban J connectivity index is 2.34. The van der Waals surface area contributed by atoms with E-state index in [9.17, 15) is 0 Å². The predicted molar refractivity (Wildman–Crippen MR) is 87.1 cm³/mol. The van der Waals surface area contributed by atoms with Gasteiger partial charge in [0.15, 0.2) is 0 Å². The smallest absolute Gasteiger partial charge is 0.123 e. The average Bonchev–Trinajstić information content (AvgIpc) is 2.93. The Morgan fingerprint density at radius 2 is 2.05 bits per heavy atom. The number of methoxy groups -OCH3 is 2. The molecule has 3 unspecified atom stereocenters. The van der Waals surface area contributed by atoms with Crippen molar-refractivity contribution in [3.63, 3.8) is 0 Å². The zero-order valence-electron chi connectivity index (χ0n) is 13.8. The van der Waals surface area contributed by atoms with Crippen LogP contribution in [0.2, 0.25) is 0 Å². The summed E-state index contributed by atoms with van der Waals surface area (Å²) in [5, 5.41) is 3.75. The number of hydrogen-bond acceptors (Lipinski definition) is 3. The highest BCUT2D eigenvalue weighted by Crippen LogP contribution is 2.43. The van der Waals surface area contributed by atoms with Crippen LogP contribution in [0.5, 0.6) is 11.5 Å². The van der Waals surface area contributed by atoms with Gasteiger partial charge in [-0.1, -0.05) is 26.7 Å². The van der Waals surface area contributed by atoms with Crippen LogP contribution in [-0.4, -0.2) is 20.8 Å². The van der Waals surface area contributed by atoms with Crippen LogP contribution in [0, 0.1) is 11.8 Å². The van der Waals surface area contributed by atoms with Crippen LogP contribution in [0.4, 0.5) is 0 Å². The molecule has 0 aromatic heterocycles. The first-order valence-electron chi connectivity index (χ1n) is 8.16. The molecular formula is C18H29NO2. The molecule has 2 rings (SSSR count). The molecule has 1 aliphatic carbocycles. The molecule has 1 saturated carbocycles. The molecule has 0 radical (unpaired) electrons. The van der Waals surface area contributed by atoms with E-state index in [4.69, 9.17) is 9.47 Å². The minimum absolute atomic E-state index is 0.354. The average molecular weight is 291 g/mol. The van der Waals surface area contributed by atoms with Crippen molar-refractivity contribution in [1.82, 2.24) is 5.32 Å². The maximum atomic E-state index is 5.61. The Kier molecular flexibility index (Phi) is 5.92. The van der Waals surface area contributed by atoms with Crippen LogP contribution < -0.4 is 14.8 Å². The van der Waals surface area contributed by atoms with Gasteiger partial charge in [-0.3, -0.25) is 0 Å². The van der Waals surface area contributed by atoms with E-state index >= 15 is 0 Å². The molecule has 0 aliphatic heterocycles. The molecule has 1 aromatic rings. The molecule has 118 valence electrons. The lowest BCUT2D eigenvalue weighted by Gasteiger charge is -2.30. The fourth-order valence-corrected chi connectivity index (χ4v) is 3.54. The lowest BCUT2D eigenvalue weighted by molar-refractivity contribution is 0.291. The van der Waals surface area contributed by atoms with Gasteiger partial charge in [0.1, 0.15) is 11.5 Å². The van der Waals surface area contributed by atoms with E-state index in [0.717, 1.165) is 30.4 Å². The zero-order chi connectivity index (χ0) is 15.2. The van der Waals surface area contributed by atoms with E-state index < -0.39 is 0 Å². The molecule has 3 heteroatoms. The summed E-state index contributed by atoms with van der Waals surface area (Å²) in [5.74, 6) is 3.30. The summed E-state index contributed by atoms with van der Waals surface area (Å²) >= 11 is 0. The molecule has 1 aliphatic rings. The second-order valence-electron chi connectivity index (χ2n) is 6.11. The highest BCUT2D eigenvalue weighted by Gasteiger charge is 2.33. The number of nitrogens with one attached hydrogen (secondary N) is 1. The van der Waals surface area contributed by atoms with E-state index in [-0.39, 0.29) is 0 Å². The first-order valence-corrected chi connectivity index (χ1v) is 8.16. The molecule has 1 fully saturated rings. The monoisotopic (exact) mass is 291 g/mol. The van der Waals surface area contributed by atoms with Gasteiger partial charge in [0.2, 0.25) is 0 Å². The van der Waals surface area contributed by atoms with Gasteiger partial charge in [-0.2, -0.15) is 0 Å². The molecule has 21 heavy (non-hydrogen) atoms. The number of hydrogen-bond donors (Lipinski definition) is 1. The second kappa shape index (κ2) is 7.69. The highest BCUT2D eigenvalue weighted by molar-refractivity contribution is 5.42. The second-order valence-corrected chi connectivity index (χ2v) is 6.11. The summed E-state index contributed by atoms with van der Waals surface area (Å²) in [5.41, 5.74) is 1.24. The lowest BCUT2D eigenvalue weighted by Crippen LogP contribution is -2.30. The molecule has 1 N–H and O–H groups in total. The van der Waals surface area contributed by atoms with Gasteiger partial charge >= 0.3 is 0 Å². The summed E-state index contributed by atoms with van der Waals surface area (Å²) in [6.45, 7) is 5.63. The highest BCUT2D eigenvalue weighted by atomic mass is 16.5. The minimum atomic E-state index is 0.354. The van der Waals surface area contributed by atoms with E-state index in [2.05, 4.69) is 25.2 Å². The van der Waals surface area contributed by atoms with Crippen molar-refractivity contribution in [2.24, 2.45) is 11.8 Å². The summed E-state index contributed by atoms with van der Waals surface area (Å²) in [4.78, 5) is 0. The Morgan fingerprint density at radius 3 is 2.62 bits per heavy atom. The third-order valence-corrected chi connectivity index (χ3v) is 4.74. The number of benzene rings is 1. The van der Waals surface area contributed by atoms with Gasteiger partial charge in [0, 0.05) is 11.6 Å². The molecule has 0 amide bonds. The Hall–Kier alpha value is -1.22. The molecule has 0 saturated heterocycles. The molecule has 0 heterocycles. The minimum Gasteiger partial charge on any atom is -0.497 e. The molecule has 3 nitrogen and oxygen atoms in total. The van der Waals surface area contributed by atoms with Crippen molar-refractivity contribution in [2.45, 2.75) is 45.6 Å². The summed E-state index contributed by atoms with van der Waals surface area (Å²) < 4.78 is 11.0. The Morgan fingerprint density at radius 1 is 1.24 bits per heavy atom. The van der Waals surface area contributed by atoms with E-state index in [0.29, 0.717) is 12.0 Å². The predicted octanol–water partition coefficient (Wildman–Crippen LogP) is 4.18. The first-order chi connectivity index (χ1) is 10.2. The lowest BCUT2D eigenvalue weighted by atomic mass is 9.85. The van der Waals surface area contributed by atoms with Crippen molar-refractivity contribution in [3.8, 4) is 11.5 Å². The zero-order valence-corrected chi connectivity index (χ0v) is 13.8. The van der Waals surface area contributed by atoms with Gasteiger partial charge in [0.05, 0.1) is 14.2 Å². The van der Waals surface area contributed by atoms with Crippen molar-refractivity contribution < 1.29 is 9.47 Å². The van der Waals surface area contributed by atoms with Gasteiger partial charge in [-0.05, 0) is 49.4 Å². The third-order valence-electron chi connectivity index (χ3n) is 4.74. The van der Waals surface area contributed by atoms with Gasteiger partial charge in [-0.25, -0.2) is 0 Å². The van der Waals surface area contributed by atoms with Crippen LogP contribution in [0.1, 0.15) is 51.1 Å². The summed E-state index contributed by atoms with van der Waals surface area (Å²) in [6.07, 6.45) is 5.11. The SMILES string of the molecule is CCCNC(c1cc(OC)ccc1OC)C1CCCC1C. The fourth-order valence-electron chi connectivity index (χ4n) is 3.54. The van der Waals surface area contributed by atoms with E-state index in [1.54, 1.807) is 14.2 Å². The van der Waals surface area contributed by atoms with Gasteiger partial charge in [-0.15, -0.1) is 0 Å². The molecule has 1 aromatic carbocycles. The maximum absolute atomic E-state index is 5.61. The summed E-state index contributed by atoms with van der Waals surface area (Å²) in [7, 11) is 3.47.